The Kier molecular flexibility index (Phi) is 6.99. The molecule has 1 aromatic carbocycles. The molecule has 0 fully saturated rings. The van der Waals surface area contributed by atoms with Gasteiger partial charge in [0.25, 0.3) is 5.91 Å². The lowest BCUT2D eigenvalue weighted by Gasteiger charge is -2.22. The third-order valence-electron chi connectivity index (χ3n) is 3.24. The average molecular weight is 313 g/mol. The Labute approximate surface area is 132 Å². The van der Waals surface area contributed by atoms with Crippen LogP contribution in [0.5, 0.6) is 5.75 Å². The smallest absolute Gasteiger partial charge is 0.260 e. The van der Waals surface area contributed by atoms with Crippen molar-refractivity contribution in [2.45, 2.75) is 46.3 Å². The van der Waals surface area contributed by atoms with Gasteiger partial charge >= 0.3 is 0 Å². The summed E-state index contributed by atoms with van der Waals surface area (Å²) < 4.78 is 5.67. The van der Waals surface area contributed by atoms with E-state index < -0.39 is 0 Å². The predicted octanol–water partition coefficient (Wildman–Crippen LogP) is 3.08. The molecule has 4 nitrogen and oxygen atoms in total. The molecular formula is C16H25ClN2O2. The number of hydrogen-bond acceptors (Lipinski definition) is 3. The Hall–Kier alpha value is -1.26. The van der Waals surface area contributed by atoms with Crippen LogP contribution in [0.25, 0.3) is 0 Å². The lowest BCUT2D eigenvalue weighted by atomic mass is 10.2. The van der Waals surface area contributed by atoms with Gasteiger partial charge in [-0.3, -0.25) is 4.79 Å². The topological polar surface area (TPSA) is 41.6 Å². The molecule has 0 saturated carbocycles. The van der Waals surface area contributed by atoms with Crippen LogP contribution < -0.4 is 10.1 Å². The van der Waals surface area contributed by atoms with Gasteiger partial charge in [0.15, 0.2) is 6.61 Å². The normalized spacial score (nSPS) is 11.0. The van der Waals surface area contributed by atoms with Crippen molar-refractivity contribution in [2.75, 3.05) is 13.7 Å². The first-order valence-corrected chi connectivity index (χ1v) is 7.59. The summed E-state index contributed by atoms with van der Waals surface area (Å²) in [5.74, 6) is 0.653. The van der Waals surface area contributed by atoms with Gasteiger partial charge in [0.2, 0.25) is 0 Å². The van der Waals surface area contributed by atoms with E-state index in [2.05, 4.69) is 19.2 Å². The fourth-order valence-electron chi connectivity index (χ4n) is 1.67. The number of halogens is 1. The summed E-state index contributed by atoms with van der Waals surface area (Å²) in [6.45, 7) is 8.78. The SMILES string of the molecule is CC(C)NCc1cc(Cl)ccc1OCC(=O)N(C)C(C)C. The molecule has 0 saturated heterocycles. The van der Waals surface area contributed by atoms with Crippen molar-refractivity contribution in [1.29, 1.82) is 0 Å². The number of carbonyl (C=O) groups is 1. The number of likely N-dealkylation sites (N-methyl/N-ethyl adjacent to an activating group) is 1. The van der Waals surface area contributed by atoms with Gasteiger partial charge in [-0.25, -0.2) is 0 Å². The molecule has 21 heavy (non-hydrogen) atoms. The van der Waals surface area contributed by atoms with E-state index in [0.717, 1.165) is 5.56 Å². The van der Waals surface area contributed by atoms with E-state index >= 15 is 0 Å². The second-order valence-electron chi connectivity index (χ2n) is 5.67. The van der Waals surface area contributed by atoms with E-state index in [-0.39, 0.29) is 18.6 Å². The van der Waals surface area contributed by atoms with Crippen molar-refractivity contribution in [3.05, 3.63) is 28.8 Å². The molecule has 1 N–H and O–H groups in total. The molecule has 0 aliphatic carbocycles. The summed E-state index contributed by atoms with van der Waals surface area (Å²) in [5.41, 5.74) is 0.955. The Morgan fingerprint density at radius 2 is 2.00 bits per heavy atom. The maximum absolute atomic E-state index is 12.0. The van der Waals surface area contributed by atoms with Crippen LogP contribution in [-0.2, 0) is 11.3 Å². The first-order valence-electron chi connectivity index (χ1n) is 7.21. The van der Waals surface area contributed by atoms with E-state index in [1.807, 2.05) is 26.0 Å². The van der Waals surface area contributed by atoms with Crippen LogP contribution >= 0.6 is 11.6 Å². The van der Waals surface area contributed by atoms with Crippen LogP contribution in [0, 0.1) is 0 Å². The number of rotatable bonds is 7. The molecule has 5 heteroatoms. The molecule has 1 aromatic rings. The summed E-state index contributed by atoms with van der Waals surface area (Å²) in [5, 5.41) is 3.98. The minimum atomic E-state index is -0.0391. The van der Waals surface area contributed by atoms with E-state index in [0.29, 0.717) is 23.4 Å². The van der Waals surface area contributed by atoms with Crippen LogP contribution in [-0.4, -0.2) is 36.5 Å². The van der Waals surface area contributed by atoms with Crippen molar-refractivity contribution in [3.63, 3.8) is 0 Å². The Bertz CT molecular complexity index is 475. The fraction of sp³-hybridized carbons (Fsp3) is 0.562. The highest BCUT2D eigenvalue weighted by Gasteiger charge is 2.14. The van der Waals surface area contributed by atoms with Crippen molar-refractivity contribution in [3.8, 4) is 5.75 Å². The van der Waals surface area contributed by atoms with Gasteiger partial charge in [0.05, 0.1) is 0 Å². The number of nitrogens with zero attached hydrogens (tertiary/aromatic N) is 1. The minimum Gasteiger partial charge on any atom is -0.483 e. The molecule has 0 spiro atoms. The van der Waals surface area contributed by atoms with E-state index in [1.165, 1.54) is 0 Å². The highest BCUT2D eigenvalue weighted by molar-refractivity contribution is 6.30. The quantitative estimate of drug-likeness (QED) is 0.841. The lowest BCUT2D eigenvalue weighted by molar-refractivity contribution is -0.133. The van der Waals surface area contributed by atoms with Gasteiger partial charge in [-0.2, -0.15) is 0 Å². The highest BCUT2D eigenvalue weighted by atomic mass is 35.5. The van der Waals surface area contributed by atoms with Gasteiger partial charge in [0, 0.05) is 36.3 Å². The molecule has 0 aliphatic rings. The van der Waals surface area contributed by atoms with Crippen molar-refractivity contribution in [1.82, 2.24) is 10.2 Å². The van der Waals surface area contributed by atoms with Gasteiger partial charge < -0.3 is 15.0 Å². The summed E-state index contributed by atoms with van der Waals surface area (Å²) >= 11 is 6.03. The predicted molar refractivity (Wildman–Crippen MR) is 86.8 cm³/mol. The van der Waals surface area contributed by atoms with Crippen LogP contribution in [0.1, 0.15) is 33.3 Å². The van der Waals surface area contributed by atoms with Gasteiger partial charge in [0.1, 0.15) is 5.75 Å². The zero-order valence-corrected chi connectivity index (χ0v) is 14.2. The average Bonchev–Trinajstić information content (AvgIpc) is 2.42. The second-order valence-corrected chi connectivity index (χ2v) is 6.11. The van der Waals surface area contributed by atoms with E-state index in [1.54, 1.807) is 18.0 Å². The number of amides is 1. The minimum absolute atomic E-state index is 0.0327. The van der Waals surface area contributed by atoms with E-state index in [9.17, 15) is 4.79 Å². The fourth-order valence-corrected chi connectivity index (χ4v) is 1.87. The summed E-state index contributed by atoms with van der Waals surface area (Å²) in [6.07, 6.45) is 0. The molecule has 0 unspecified atom stereocenters. The Morgan fingerprint density at radius 3 is 2.57 bits per heavy atom. The largest absolute Gasteiger partial charge is 0.483 e. The Morgan fingerprint density at radius 1 is 1.33 bits per heavy atom. The number of nitrogens with one attached hydrogen (secondary N) is 1. The van der Waals surface area contributed by atoms with Gasteiger partial charge in [-0.05, 0) is 32.0 Å². The van der Waals surface area contributed by atoms with Crippen LogP contribution in [0.15, 0.2) is 18.2 Å². The number of ether oxygens (including phenoxy) is 1. The molecule has 1 amide bonds. The molecule has 0 heterocycles. The van der Waals surface area contributed by atoms with E-state index in [4.69, 9.17) is 16.3 Å². The zero-order valence-electron chi connectivity index (χ0n) is 13.4. The molecule has 0 aromatic heterocycles. The third-order valence-corrected chi connectivity index (χ3v) is 3.48. The van der Waals surface area contributed by atoms with Gasteiger partial charge in [-0.1, -0.05) is 25.4 Å². The molecular weight excluding hydrogens is 288 g/mol. The first kappa shape index (κ1) is 17.8. The zero-order chi connectivity index (χ0) is 16.0. The highest BCUT2D eigenvalue weighted by Crippen LogP contribution is 2.23. The van der Waals surface area contributed by atoms with Crippen molar-refractivity contribution >= 4 is 17.5 Å². The van der Waals surface area contributed by atoms with Gasteiger partial charge in [-0.15, -0.1) is 0 Å². The molecule has 118 valence electrons. The first-order chi connectivity index (χ1) is 9.81. The van der Waals surface area contributed by atoms with Crippen LogP contribution in [0.4, 0.5) is 0 Å². The maximum atomic E-state index is 12.0. The second kappa shape index (κ2) is 8.25. The summed E-state index contributed by atoms with van der Waals surface area (Å²) in [7, 11) is 1.78. The third kappa shape index (κ3) is 5.94. The Balaban J connectivity index is 2.71. The number of carbonyl (C=O) groups excluding carboxylic acids is 1. The standard InChI is InChI=1S/C16H25ClN2O2/c1-11(2)18-9-13-8-14(17)6-7-15(13)21-10-16(20)19(5)12(3)4/h6-8,11-12,18H,9-10H2,1-5H3. The van der Waals surface area contributed by atoms with Crippen molar-refractivity contribution in [2.24, 2.45) is 0 Å². The number of hydrogen-bond donors (Lipinski definition) is 1. The molecule has 0 aliphatic heterocycles. The monoisotopic (exact) mass is 312 g/mol. The maximum Gasteiger partial charge on any atom is 0.260 e. The van der Waals surface area contributed by atoms with Crippen LogP contribution in [0.2, 0.25) is 5.02 Å². The molecule has 0 radical (unpaired) electrons. The van der Waals surface area contributed by atoms with Crippen molar-refractivity contribution < 1.29 is 9.53 Å². The van der Waals surface area contributed by atoms with Crippen LogP contribution in [0.3, 0.4) is 0 Å². The summed E-state index contributed by atoms with van der Waals surface area (Å²) in [6, 6.07) is 5.97. The lowest BCUT2D eigenvalue weighted by Crippen LogP contribution is -2.36. The molecule has 0 atom stereocenters. The molecule has 0 bridgehead atoms. The molecule has 1 rings (SSSR count). The summed E-state index contributed by atoms with van der Waals surface area (Å²) in [4.78, 5) is 13.6. The number of benzene rings is 1.